The SMILES string of the molecule is COc1ccc(NC(=O)OC(C)(C)C)cc1NC(=O)OC(=O)c1ccccc1. The Morgan fingerprint density at radius 3 is 2.18 bits per heavy atom. The van der Waals surface area contributed by atoms with Gasteiger partial charge in [-0.1, -0.05) is 18.2 Å². The fourth-order valence-electron chi connectivity index (χ4n) is 2.16. The standard InChI is InChI=1S/C20H22N2O6/c1-20(2,3)28-19(25)21-14-10-11-16(26-4)15(12-14)22-18(24)27-17(23)13-8-6-5-7-9-13/h5-12H,1-4H3,(H,21,25)(H,22,24). The van der Waals surface area contributed by atoms with Crippen LogP contribution in [0.25, 0.3) is 0 Å². The van der Waals surface area contributed by atoms with Gasteiger partial charge in [-0.3, -0.25) is 10.6 Å². The highest BCUT2D eigenvalue weighted by Gasteiger charge is 2.18. The molecule has 0 saturated carbocycles. The summed E-state index contributed by atoms with van der Waals surface area (Å²) in [5.74, 6) is -0.473. The highest BCUT2D eigenvalue weighted by atomic mass is 16.6. The summed E-state index contributed by atoms with van der Waals surface area (Å²) in [4.78, 5) is 35.9. The van der Waals surface area contributed by atoms with E-state index in [0.29, 0.717) is 11.4 Å². The molecule has 0 aliphatic heterocycles. The Labute approximate surface area is 162 Å². The Morgan fingerprint density at radius 2 is 1.57 bits per heavy atom. The largest absolute Gasteiger partial charge is 0.495 e. The summed E-state index contributed by atoms with van der Waals surface area (Å²) in [6.45, 7) is 5.23. The molecule has 2 N–H and O–H groups in total. The van der Waals surface area contributed by atoms with Crippen LogP contribution >= 0.6 is 0 Å². The van der Waals surface area contributed by atoms with Gasteiger partial charge in [-0.2, -0.15) is 0 Å². The first-order valence-corrected chi connectivity index (χ1v) is 8.44. The highest BCUT2D eigenvalue weighted by molar-refractivity contribution is 6.01. The van der Waals surface area contributed by atoms with Crippen LogP contribution in [-0.4, -0.2) is 30.9 Å². The lowest BCUT2D eigenvalue weighted by molar-refractivity contribution is 0.0628. The van der Waals surface area contributed by atoms with Crippen molar-refractivity contribution in [2.45, 2.75) is 26.4 Å². The molecule has 2 aromatic rings. The molecule has 8 nitrogen and oxygen atoms in total. The fraction of sp³-hybridized carbons (Fsp3) is 0.250. The maximum Gasteiger partial charge on any atom is 0.419 e. The molecule has 0 aromatic heterocycles. The molecule has 0 heterocycles. The second-order valence-electron chi connectivity index (χ2n) is 6.71. The average molecular weight is 386 g/mol. The number of ether oxygens (including phenoxy) is 3. The van der Waals surface area contributed by atoms with Gasteiger partial charge in [0.1, 0.15) is 11.4 Å². The molecular formula is C20H22N2O6. The first kappa shape index (κ1) is 20.8. The lowest BCUT2D eigenvalue weighted by Crippen LogP contribution is -2.27. The van der Waals surface area contributed by atoms with Crippen LogP contribution < -0.4 is 15.4 Å². The van der Waals surface area contributed by atoms with E-state index in [-0.39, 0.29) is 11.3 Å². The van der Waals surface area contributed by atoms with Crippen molar-refractivity contribution in [3.63, 3.8) is 0 Å². The maximum absolute atomic E-state index is 12.1. The number of methoxy groups -OCH3 is 1. The molecular weight excluding hydrogens is 364 g/mol. The first-order chi connectivity index (χ1) is 13.2. The van der Waals surface area contributed by atoms with Crippen LogP contribution in [0, 0.1) is 0 Å². The summed E-state index contributed by atoms with van der Waals surface area (Å²) in [6, 6.07) is 12.7. The summed E-state index contributed by atoms with van der Waals surface area (Å²) < 4.78 is 15.1. The topological polar surface area (TPSA) is 103 Å². The highest BCUT2D eigenvalue weighted by Crippen LogP contribution is 2.28. The molecule has 0 unspecified atom stereocenters. The van der Waals surface area contributed by atoms with Crippen molar-refractivity contribution in [1.29, 1.82) is 0 Å². The van der Waals surface area contributed by atoms with Gasteiger partial charge >= 0.3 is 18.2 Å². The lowest BCUT2D eigenvalue weighted by Gasteiger charge is -2.20. The molecule has 2 amide bonds. The van der Waals surface area contributed by atoms with Gasteiger partial charge in [0.25, 0.3) is 0 Å². The number of benzene rings is 2. The number of hydrogen-bond donors (Lipinski definition) is 2. The predicted octanol–water partition coefficient (Wildman–Crippen LogP) is 4.43. The summed E-state index contributed by atoms with van der Waals surface area (Å²) in [5, 5.41) is 4.98. The second kappa shape index (κ2) is 8.90. The number of nitrogens with one attached hydrogen (secondary N) is 2. The van der Waals surface area contributed by atoms with Crippen molar-refractivity contribution in [2.75, 3.05) is 17.7 Å². The first-order valence-electron chi connectivity index (χ1n) is 8.44. The monoisotopic (exact) mass is 386 g/mol. The van der Waals surface area contributed by atoms with Crippen molar-refractivity contribution < 1.29 is 28.6 Å². The van der Waals surface area contributed by atoms with Crippen LogP contribution in [0.4, 0.5) is 21.0 Å². The van der Waals surface area contributed by atoms with Crippen molar-refractivity contribution in [1.82, 2.24) is 0 Å². The number of esters is 1. The van der Waals surface area contributed by atoms with Crippen molar-refractivity contribution in [2.24, 2.45) is 0 Å². The van der Waals surface area contributed by atoms with E-state index in [1.165, 1.54) is 25.3 Å². The molecule has 0 aliphatic rings. The van der Waals surface area contributed by atoms with E-state index in [9.17, 15) is 14.4 Å². The third-order valence-corrected chi connectivity index (χ3v) is 3.28. The number of hydrogen-bond acceptors (Lipinski definition) is 6. The van der Waals surface area contributed by atoms with Gasteiger partial charge in [0.15, 0.2) is 0 Å². The number of carbonyl (C=O) groups is 3. The van der Waals surface area contributed by atoms with Gasteiger partial charge in [0.05, 0.1) is 18.4 Å². The number of anilines is 2. The zero-order valence-electron chi connectivity index (χ0n) is 16.1. The van der Waals surface area contributed by atoms with Gasteiger partial charge in [0.2, 0.25) is 0 Å². The minimum atomic E-state index is -0.985. The van der Waals surface area contributed by atoms with Crippen LogP contribution in [0.5, 0.6) is 5.75 Å². The number of amides is 2. The molecule has 0 atom stereocenters. The van der Waals surface area contributed by atoms with Gasteiger partial charge in [-0.05, 0) is 51.1 Å². The maximum atomic E-state index is 12.1. The lowest BCUT2D eigenvalue weighted by atomic mass is 10.2. The smallest absolute Gasteiger partial charge is 0.419 e. The molecule has 148 valence electrons. The Hall–Kier alpha value is -3.55. The molecule has 0 spiro atoms. The second-order valence-corrected chi connectivity index (χ2v) is 6.71. The predicted molar refractivity (Wildman–Crippen MR) is 104 cm³/mol. The Balaban J connectivity index is 2.07. The molecule has 0 bridgehead atoms. The summed E-state index contributed by atoms with van der Waals surface area (Å²) >= 11 is 0. The summed E-state index contributed by atoms with van der Waals surface area (Å²) in [5.41, 5.74) is 0.158. The molecule has 8 heteroatoms. The van der Waals surface area contributed by atoms with Crippen LogP contribution in [0.2, 0.25) is 0 Å². The quantitative estimate of drug-likeness (QED) is 0.595. The molecule has 0 saturated heterocycles. The van der Waals surface area contributed by atoms with E-state index >= 15 is 0 Å². The molecule has 0 radical (unpaired) electrons. The minimum Gasteiger partial charge on any atom is -0.495 e. The molecule has 0 aliphatic carbocycles. The zero-order chi connectivity index (χ0) is 20.7. The van der Waals surface area contributed by atoms with E-state index in [0.717, 1.165) is 0 Å². The molecule has 2 aromatic carbocycles. The van der Waals surface area contributed by atoms with Crippen LogP contribution in [-0.2, 0) is 9.47 Å². The van der Waals surface area contributed by atoms with Gasteiger partial charge in [-0.25, -0.2) is 14.4 Å². The van der Waals surface area contributed by atoms with Crippen molar-refractivity contribution in [3.8, 4) is 5.75 Å². The zero-order valence-corrected chi connectivity index (χ0v) is 16.1. The van der Waals surface area contributed by atoms with Crippen LogP contribution in [0.15, 0.2) is 48.5 Å². The summed E-state index contributed by atoms with van der Waals surface area (Å²) in [7, 11) is 1.42. The molecule has 28 heavy (non-hydrogen) atoms. The van der Waals surface area contributed by atoms with Gasteiger partial charge in [0, 0.05) is 5.69 Å². The van der Waals surface area contributed by atoms with Gasteiger partial charge < -0.3 is 14.2 Å². The van der Waals surface area contributed by atoms with Gasteiger partial charge in [-0.15, -0.1) is 0 Å². The molecule has 2 rings (SSSR count). The van der Waals surface area contributed by atoms with E-state index in [1.54, 1.807) is 51.1 Å². The van der Waals surface area contributed by atoms with Crippen molar-refractivity contribution in [3.05, 3.63) is 54.1 Å². The number of rotatable bonds is 4. The fourth-order valence-corrected chi connectivity index (χ4v) is 2.16. The Kier molecular flexibility index (Phi) is 6.59. The third-order valence-electron chi connectivity index (χ3n) is 3.28. The van der Waals surface area contributed by atoms with Crippen molar-refractivity contribution >= 4 is 29.5 Å². The minimum absolute atomic E-state index is 0.210. The average Bonchev–Trinajstić information content (AvgIpc) is 2.61. The van der Waals surface area contributed by atoms with Crippen LogP contribution in [0.3, 0.4) is 0 Å². The van der Waals surface area contributed by atoms with E-state index in [2.05, 4.69) is 10.6 Å². The normalized spacial score (nSPS) is 10.6. The molecule has 0 fully saturated rings. The Bertz CT molecular complexity index is 859. The summed E-state index contributed by atoms with van der Waals surface area (Å²) in [6.07, 6.45) is -1.63. The Morgan fingerprint density at radius 1 is 0.893 bits per heavy atom. The van der Waals surface area contributed by atoms with Crippen LogP contribution in [0.1, 0.15) is 31.1 Å². The van der Waals surface area contributed by atoms with E-state index < -0.39 is 23.8 Å². The third kappa shape index (κ3) is 6.31. The number of carbonyl (C=O) groups excluding carboxylic acids is 3. The van der Waals surface area contributed by atoms with E-state index in [1.807, 2.05) is 0 Å². The van der Waals surface area contributed by atoms with E-state index in [4.69, 9.17) is 14.2 Å².